The number of hydrogen-bond acceptors (Lipinski definition) is 6. The maximum atomic E-state index is 10.6. The minimum absolute atomic E-state index is 0.0934. The molecule has 0 rings (SSSR count). The first kappa shape index (κ1) is 10.7. The summed E-state index contributed by atoms with van der Waals surface area (Å²) in [6.45, 7) is 0. The van der Waals surface area contributed by atoms with Gasteiger partial charge in [-0.05, 0) is 4.89 Å². The number of carbonyl (C=O) groups excluding carboxylic acids is 1. The fourth-order valence-electron chi connectivity index (χ4n) is 0.232. The lowest BCUT2D eigenvalue weighted by molar-refractivity contribution is -0.147. The Labute approximate surface area is 70.5 Å². The summed E-state index contributed by atoms with van der Waals surface area (Å²) < 4.78 is 19.6. The highest BCUT2D eigenvalue weighted by Crippen LogP contribution is 1.85. The topological polar surface area (TPSA) is 98.5 Å². The van der Waals surface area contributed by atoms with Gasteiger partial charge in [0.2, 0.25) is 10.9 Å². The fourth-order valence-corrected chi connectivity index (χ4v) is 0.546. The van der Waals surface area contributed by atoms with Crippen LogP contribution >= 0.6 is 12.6 Å². The first-order valence-electron chi connectivity index (χ1n) is 2.55. The van der Waals surface area contributed by atoms with Gasteiger partial charge < -0.3 is 10.6 Å². The minimum atomic E-state index is -2.94. The van der Waals surface area contributed by atoms with E-state index in [9.17, 15) is 13.2 Å². The van der Waals surface area contributed by atoms with Crippen molar-refractivity contribution in [2.45, 2.75) is 6.04 Å². The summed E-state index contributed by atoms with van der Waals surface area (Å²) in [7, 11) is -2.94. The SMILES string of the molecule is N[C@@H](CS)C(=O)ON[SH](=O)=O. The predicted molar refractivity (Wildman–Crippen MR) is 41.4 cm³/mol. The van der Waals surface area contributed by atoms with Crippen LogP contribution in [0.2, 0.25) is 0 Å². The Kier molecular flexibility index (Phi) is 5.20. The molecule has 0 fully saturated rings. The Bertz CT molecular complexity index is 196. The number of hydrogen-bond donors (Lipinski definition) is 4. The van der Waals surface area contributed by atoms with Gasteiger partial charge in [-0.3, -0.25) is 0 Å². The largest absolute Gasteiger partial charge is 0.354 e. The van der Waals surface area contributed by atoms with E-state index in [4.69, 9.17) is 5.73 Å². The molecule has 0 radical (unpaired) electrons. The van der Waals surface area contributed by atoms with Crippen molar-refractivity contribution in [1.82, 2.24) is 4.89 Å². The number of rotatable bonds is 4. The predicted octanol–water partition coefficient (Wildman–Crippen LogP) is -2.18. The molecule has 0 heterocycles. The summed E-state index contributed by atoms with van der Waals surface area (Å²) in [6.07, 6.45) is 0. The number of nitrogens with two attached hydrogens (primary N) is 1. The van der Waals surface area contributed by atoms with Crippen molar-refractivity contribution in [3.05, 3.63) is 0 Å². The van der Waals surface area contributed by atoms with Crippen molar-refractivity contribution in [2.24, 2.45) is 5.73 Å². The first-order chi connectivity index (χ1) is 5.07. The van der Waals surface area contributed by atoms with E-state index < -0.39 is 22.9 Å². The van der Waals surface area contributed by atoms with Crippen molar-refractivity contribution in [2.75, 3.05) is 5.75 Å². The molecular weight excluding hydrogens is 192 g/mol. The summed E-state index contributed by atoms with van der Waals surface area (Å²) in [5.41, 5.74) is 5.11. The molecular formula is C3H8N2O4S2. The Morgan fingerprint density at radius 2 is 2.27 bits per heavy atom. The van der Waals surface area contributed by atoms with Crippen molar-refractivity contribution < 1.29 is 18.0 Å². The van der Waals surface area contributed by atoms with E-state index >= 15 is 0 Å². The van der Waals surface area contributed by atoms with Crippen LogP contribution in [0, 0.1) is 0 Å². The van der Waals surface area contributed by atoms with E-state index in [2.05, 4.69) is 17.5 Å². The van der Waals surface area contributed by atoms with E-state index in [1.807, 2.05) is 0 Å². The van der Waals surface area contributed by atoms with Crippen molar-refractivity contribution >= 4 is 29.5 Å². The molecule has 1 atom stereocenters. The van der Waals surface area contributed by atoms with Crippen molar-refractivity contribution in [1.29, 1.82) is 0 Å². The van der Waals surface area contributed by atoms with Crippen LogP contribution in [0.4, 0.5) is 0 Å². The monoisotopic (exact) mass is 200 g/mol. The zero-order valence-corrected chi connectivity index (χ0v) is 7.18. The van der Waals surface area contributed by atoms with Gasteiger partial charge in [-0.15, -0.1) is 0 Å². The second-order valence-corrected chi connectivity index (χ2v) is 2.62. The van der Waals surface area contributed by atoms with E-state index in [1.165, 1.54) is 4.89 Å². The zero-order chi connectivity index (χ0) is 8.85. The van der Waals surface area contributed by atoms with Crippen LogP contribution in [-0.2, 0) is 20.5 Å². The highest BCUT2D eigenvalue weighted by atomic mass is 32.2. The third-order valence-corrected chi connectivity index (χ3v) is 1.35. The third-order valence-electron chi connectivity index (χ3n) is 0.720. The van der Waals surface area contributed by atoms with Gasteiger partial charge >= 0.3 is 5.97 Å². The zero-order valence-electron chi connectivity index (χ0n) is 5.39. The molecule has 3 N–H and O–H groups in total. The van der Waals surface area contributed by atoms with Crippen LogP contribution in [0.5, 0.6) is 0 Å². The number of carbonyl (C=O) groups is 1. The summed E-state index contributed by atoms with van der Waals surface area (Å²) in [5.74, 6) is -0.768. The van der Waals surface area contributed by atoms with Crippen LogP contribution in [-0.4, -0.2) is 26.2 Å². The molecule has 0 saturated heterocycles. The van der Waals surface area contributed by atoms with Gasteiger partial charge in [0, 0.05) is 5.75 Å². The van der Waals surface area contributed by atoms with Gasteiger partial charge in [0.1, 0.15) is 6.04 Å². The molecule has 6 nitrogen and oxygen atoms in total. The van der Waals surface area contributed by atoms with Crippen LogP contribution in [0.3, 0.4) is 0 Å². The quantitative estimate of drug-likeness (QED) is 0.305. The molecule has 0 aliphatic heterocycles. The van der Waals surface area contributed by atoms with Crippen molar-refractivity contribution in [3.8, 4) is 0 Å². The van der Waals surface area contributed by atoms with Crippen LogP contribution in [0.25, 0.3) is 0 Å². The molecule has 0 aromatic rings. The Morgan fingerprint density at radius 1 is 1.73 bits per heavy atom. The smallest absolute Gasteiger partial charge is 0.343 e. The lowest BCUT2D eigenvalue weighted by Crippen LogP contribution is -2.36. The maximum Gasteiger partial charge on any atom is 0.343 e. The summed E-state index contributed by atoms with van der Waals surface area (Å²) in [4.78, 5) is 16.0. The van der Waals surface area contributed by atoms with Crippen LogP contribution < -0.4 is 10.6 Å². The molecule has 0 aliphatic rings. The molecule has 0 amide bonds. The van der Waals surface area contributed by atoms with Crippen LogP contribution in [0.1, 0.15) is 0 Å². The summed E-state index contributed by atoms with van der Waals surface area (Å²) >= 11 is 3.69. The van der Waals surface area contributed by atoms with Gasteiger partial charge in [-0.2, -0.15) is 12.6 Å². The second-order valence-electron chi connectivity index (χ2n) is 1.56. The first-order valence-corrected chi connectivity index (χ1v) is 4.36. The molecule has 0 aliphatic carbocycles. The van der Waals surface area contributed by atoms with Gasteiger partial charge in [-0.1, -0.05) is 0 Å². The normalized spacial score (nSPS) is 13.0. The second kappa shape index (κ2) is 5.35. The Balaban J connectivity index is 3.69. The lowest BCUT2D eigenvalue weighted by atomic mass is 10.4. The molecule has 0 aromatic heterocycles. The number of nitrogens with one attached hydrogen (secondary N) is 1. The van der Waals surface area contributed by atoms with Gasteiger partial charge in [-0.25, -0.2) is 13.2 Å². The molecule has 0 saturated carbocycles. The third kappa shape index (κ3) is 5.01. The molecule has 0 unspecified atom stereocenters. The lowest BCUT2D eigenvalue weighted by Gasteiger charge is -2.04. The summed E-state index contributed by atoms with van der Waals surface area (Å²) in [5, 5.41) is 0. The Hall–Kier alpha value is -0.310. The highest BCUT2D eigenvalue weighted by Gasteiger charge is 2.12. The highest BCUT2D eigenvalue weighted by molar-refractivity contribution is 7.80. The summed E-state index contributed by atoms with van der Waals surface area (Å²) in [6, 6.07) is -0.916. The van der Waals surface area contributed by atoms with E-state index in [1.54, 1.807) is 0 Å². The molecule has 66 valence electrons. The average molecular weight is 200 g/mol. The fraction of sp³-hybridized carbons (Fsp3) is 0.667. The Morgan fingerprint density at radius 3 is 2.64 bits per heavy atom. The van der Waals surface area contributed by atoms with Crippen LogP contribution in [0.15, 0.2) is 0 Å². The van der Waals surface area contributed by atoms with E-state index in [-0.39, 0.29) is 5.75 Å². The molecule has 8 heteroatoms. The number of thiol groups is 2. The molecule has 0 spiro atoms. The van der Waals surface area contributed by atoms with E-state index in [0.717, 1.165) is 0 Å². The molecule has 0 aromatic carbocycles. The standard InChI is InChI=1S/C3H8N2O4S2/c4-2(1-10)3(6)9-5-11(7)8/h2,10-11H,1,4H2,(H,5,7,8)/t2-/m0/s1. The molecule has 0 bridgehead atoms. The van der Waals surface area contributed by atoms with Gasteiger partial charge in [0.25, 0.3) is 0 Å². The maximum absolute atomic E-state index is 10.6. The minimum Gasteiger partial charge on any atom is -0.354 e. The van der Waals surface area contributed by atoms with Crippen molar-refractivity contribution in [3.63, 3.8) is 0 Å². The van der Waals surface area contributed by atoms with E-state index in [0.29, 0.717) is 0 Å². The van der Waals surface area contributed by atoms with Gasteiger partial charge in [0.05, 0.1) is 0 Å². The average Bonchev–Trinajstić information content (AvgIpc) is 1.98. The van der Waals surface area contributed by atoms with Gasteiger partial charge in [0.15, 0.2) is 0 Å². The molecule has 11 heavy (non-hydrogen) atoms.